The Morgan fingerprint density at radius 3 is 2.50 bits per heavy atom. The molecule has 2 aliphatic carbocycles. The second-order valence-electron chi connectivity index (χ2n) is 6.82. The fourth-order valence-corrected chi connectivity index (χ4v) is 5.10. The van der Waals surface area contributed by atoms with Gasteiger partial charge in [-0.3, -0.25) is 4.90 Å². The zero-order valence-corrected chi connectivity index (χ0v) is 10.0. The molecule has 0 radical (unpaired) electrons. The Hall–Kier alpha value is -0.0400. The lowest BCUT2D eigenvalue weighted by Gasteiger charge is -2.49. The first-order chi connectivity index (χ1) is 6.48. The summed E-state index contributed by atoms with van der Waals surface area (Å²) in [6.45, 7) is 8.72. The molecule has 14 heavy (non-hydrogen) atoms. The molecule has 3 aliphatic rings. The van der Waals surface area contributed by atoms with Crippen molar-refractivity contribution in [2.24, 2.45) is 23.2 Å². The monoisotopic (exact) mass is 193 g/mol. The van der Waals surface area contributed by atoms with Crippen LogP contribution in [0.2, 0.25) is 0 Å². The molecule has 1 aliphatic heterocycles. The summed E-state index contributed by atoms with van der Waals surface area (Å²) in [5.74, 6) is 3.15. The van der Waals surface area contributed by atoms with Crippen LogP contribution in [-0.2, 0) is 0 Å². The van der Waals surface area contributed by atoms with Crippen LogP contribution in [0.15, 0.2) is 0 Å². The quantitative estimate of drug-likeness (QED) is 0.572. The van der Waals surface area contributed by atoms with Crippen molar-refractivity contribution in [2.75, 3.05) is 13.6 Å². The molecule has 0 aromatic rings. The van der Waals surface area contributed by atoms with Gasteiger partial charge < -0.3 is 0 Å². The van der Waals surface area contributed by atoms with Gasteiger partial charge in [0.25, 0.3) is 0 Å². The number of hydrogen-bond donors (Lipinski definition) is 0. The van der Waals surface area contributed by atoms with Crippen LogP contribution in [0, 0.1) is 23.2 Å². The van der Waals surface area contributed by atoms with Gasteiger partial charge in [0.15, 0.2) is 0 Å². The first-order valence-corrected chi connectivity index (χ1v) is 6.19. The van der Waals surface area contributed by atoms with Gasteiger partial charge in [-0.25, -0.2) is 0 Å². The number of nitrogens with zero attached hydrogens (tertiary/aromatic N) is 1. The van der Waals surface area contributed by atoms with Crippen molar-refractivity contribution in [2.45, 2.75) is 45.6 Å². The fourth-order valence-electron chi connectivity index (χ4n) is 5.10. The van der Waals surface area contributed by atoms with Crippen LogP contribution in [0.25, 0.3) is 0 Å². The Morgan fingerprint density at radius 1 is 1.21 bits per heavy atom. The molecule has 1 nitrogen and oxygen atoms in total. The predicted molar refractivity (Wildman–Crippen MR) is 59.1 cm³/mol. The summed E-state index contributed by atoms with van der Waals surface area (Å²) < 4.78 is 0. The Kier molecular flexibility index (Phi) is 1.56. The van der Waals surface area contributed by atoms with Crippen LogP contribution in [0.3, 0.4) is 0 Å². The molecular weight excluding hydrogens is 170 g/mol. The minimum atomic E-state index is 0.471. The van der Waals surface area contributed by atoms with E-state index in [4.69, 9.17) is 0 Å². The van der Waals surface area contributed by atoms with Gasteiger partial charge >= 0.3 is 0 Å². The highest BCUT2D eigenvalue weighted by Gasteiger charge is 2.70. The average Bonchev–Trinajstić information content (AvgIpc) is 2.59. The summed E-state index contributed by atoms with van der Waals surface area (Å²) >= 11 is 0. The van der Waals surface area contributed by atoms with E-state index >= 15 is 0 Å². The predicted octanol–water partition coefficient (Wildman–Crippen LogP) is 2.76. The van der Waals surface area contributed by atoms with Crippen LogP contribution in [0.5, 0.6) is 0 Å². The third-order valence-corrected chi connectivity index (χ3v) is 5.34. The minimum absolute atomic E-state index is 0.471. The number of likely N-dealkylation sites (tertiary alicyclic amines) is 1. The number of fused-ring (bicyclic) bond motifs is 3. The first-order valence-electron chi connectivity index (χ1n) is 6.19. The maximum Gasteiger partial charge on any atom is 0.0314 e. The van der Waals surface area contributed by atoms with Crippen molar-refractivity contribution in [3.63, 3.8) is 0 Å². The van der Waals surface area contributed by atoms with Crippen molar-refractivity contribution in [1.82, 2.24) is 4.90 Å². The molecule has 1 heterocycles. The van der Waals surface area contributed by atoms with E-state index in [0.717, 1.165) is 17.8 Å². The molecule has 0 amide bonds. The van der Waals surface area contributed by atoms with Crippen LogP contribution in [0.4, 0.5) is 0 Å². The standard InChI is InChI=1S/C13H23N/c1-12(2,3)13-10(5-6-14(13)4)7-9-8-11(9)13/h9-11H,5-8H2,1-4H3. The molecule has 3 rings (SSSR count). The average molecular weight is 193 g/mol. The zero-order valence-electron chi connectivity index (χ0n) is 10.0. The van der Waals surface area contributed by atoms with Crippen LogP contribution in [0.1, 0.15) is 40.0 Å². The highest BCUT2D eigenvalue weighted by molar-refractivity contribution is 5.22. The fraction of sp³-hybridized carbons (Fsp3) is 1.00. The third kappa shape index (κ3) is 0.816. The van der Waals surface area contributed by atoms with Crippen LogP contribution in [-0.4, -0.2) is 24.0 Å². The summed E-state index contributed by atoms with van der Waals surface area (Å²) in [5.41, 5.74) is 1.04. The zero-order chi connectivity index (χ0) is 10.1. The van der Waals surface area contributed by atoms with Crippen LogP contribution >= 0.6 is 0 Å². The van der Waals surface area contributed by atoms with Gasteiger partial charge in [-0.2, -0.15) is 0 Å². The topological polar surface area (TPSA) is 3.24 Å². The van der Waals surface area contributed by atoms with Crippen molar-refractivity contribution < 1.29 is 0 Å². The lowest BCUT2D eigenvalue weighted by molar-refractivity contribution is 0.00604. The van der Waals surface area contributed by atoms with Crippen molar-refractivity contribution in [3.8, 4) is 0 Å². The highest BCUT2D eigenvalue weighted by Crippen LogP contribution is 2.69. The van der Waals surface area contributed by atoms with Gasteiger partial charge in [-0.1, -0.05) is 20.8 Å². The van der Waals surface area contributed by atoms with Crippen LogP contribution < -0.4 is 0 Å². The van der Waals surface area contributed by atoms with Gasteiger partial charge in [0.05, 0.1) is 0 Å². The van der Waals surface area contributed by atoms with Gasteiger partial charge in [0.1, 0.15) is 0 Å². The third-order valence-electron chi connectivity index (χ3n) is 5.34. The second-order valence-corrected chi connectivity index (χ2v) is 6.82. The summed E-state index contributed by atoms with van der Waals surface area (Å²) in [6.07, 6.45) is 4.52. The van der Waals surface area contributed by atoms with Gasteiger partial charge in [0.2, 0.25) is 0 Å². The molecule has 1 saturated heterocycles. The van der Waals surface area contributed by atoms with Crippen molar-refractivity contribution >= 4 is 0 Å². The molecule has 80 valence electrons. The lowest BCUT2D eigenvalue weighted by Crippen LogP contribution is -2.55. The second kappa shape index (κ2) is 2.37. The minimum Gasteiger partial charge on any atom is -0.300 e. The molecule has 0 spiro atoms. The van der Waals surface area contributed by atoms with E-state index in [1.165, 1.54) is 25.8 Å². The maximum absolute atomic E-state index is 2.70. The molecule has 0 aromatic heterocycles. The van der Waals surface area contributed by atoms with Crippen molar-refractivity contribution in [1.29, 1.82) is 0 Å². The van der Waals surface area contributed by atoms with E-state index in [1.54, 1.807) is 0 Å². The lowest BCUT2D eigenvalue weighted by atomic mass is 9.66. The largest absolute Gasteiger partial charge is 0.300 e. The molecular formula is C13H23N. The SMILES string of the molecule is CN1CCC2CC3CC3C21C(C)(C)C. The molecule has 0 aromatic carbocycles. The van der Waals surface area contributed by atoms with E-state index in [1.807, 2.05) is 0 Å². The summed E-state index contributed by atoms with van der Waals surface area (Å²) in [6, 6.07) is 0. The van der Waals surface area contributed by atoms with E-state index < -0.39 is 0 Å². The maximum atomic E-state index is 2.70. The smallest absolute Gasteiger partial charge is 0.0314 e. The van der Waals surface area contributed by atoms with Crippen molar-refractivity contribution in [3.05, 3.63) is 0 Å². The Morgan fingerprint density at radius 2 is 1.93 bits per heavy atom. The number of hydrogen-bond acceptors (Lipinski definition) is 1. The summed E-state index contributed by atoms with van der Waals surface area (Å²) in [5, 5.41) is 0. The molecule has 4 atom stereocenters. The van der Waals surface area contributed by atoms with E-state index in [-0.39, 0.29) is 0 Å². The Labute approximate surface area is 87.9 Å². The van der Waals surface area contributed by atoms with Gasteiger partial charge in [-0.05, 0) is 56.0 Å². The first kappa shape index (κ1) is 9.21. The molecule has 4 unspecified atom stereocenters. The summed E-state index contributed by atoms with van der Waals surface area (Å²) in [4.78, 5) is 2.70. The normalized spacial score (nSPS) is 51.9. The summed E-state index contributed by atoms with van der Waals surface area (Å²) in [7, 11) is 2.37. The number of rotatable bonds is 0. The highest BCUT2D eigenvalue weighted by atomic mass is 15.2. The molecule has 0 N–H and O–H groups in total. The van der Waals surface area contributed by atoms with E-state index in [0.29, 0.717) is 11.0 Å². The van der Waals surface area contributed by atoms with Gasteiger partial charge in [-0.15, -0.1) is 0 Å². The van der Waals surface area contributed by atoms with E-state index in [2.05, 4.69) is 32.7 Å². The van der Waals surface area contributed by atoms with Gasteiger partial charge in [0, 0.05) is 5.54 Å². The molecule has 2 saturated carbocycles. The van der Waals surface area contributed by atoms with E-state index in [9.17, 15) is 0 Å². The Bertz CT molecular complexity index is 261. The Balaban J connectivity index is 2.06. The molecule has 3 fully saturated rings. The molecule has 0 bridgehead atoms. The molecule has 1 heteroatoms.